The molecule has 1 N–H and O–H groups in total. The summed E-state index contributed by atoms with van der Waals surface area (Å²) in [6, 6.07) is 13.0. The van der Waals surface area contributed by atoms with Crippen LogP contribution in [0.1, 0.15) is 53.6 Å². The Bertz CT molecular complexity index is 856. The van der Waals surface area contributed by atoms with Gasteiger partial charge in [-0.3, -0.25) is 9.59 Å². The Morgan fingerprint density at radius 3 is 2.66 bits per heavy atom. The summed E-state index contributed by atoms with van der Waals surface area (Å²) in [4.78, 5) is 24.8. The third-order valence-corrected chi connectivity index (χ3v) is 5.27. The van der Waals surface area contributed by atoms with Gasteiger partial charge in [0.05, 0.1) is 11.8 Å². The van der Waals surface area contributed by atoms with E-state index in [1.807, 2.05) is 50.2 Å². The highest BCUT2D eigenvalue weighted by Gasteiger charge is 2.16. The molecule has 0 bridgehead atoms. The molecule has 1 atom stereocenters. The van der Waals surface area contributed by atoms with Gasteiger partial charge in [0.15, 0.2) is 5.78 Å². The highest BCUT2D eigenvalue weighted by molar-refractivity contribution is 6.00. The lowest BCUT2D eigenvalue weighted by Gasteiger charge is -2.23. The summed E-state index contributed by atoms with van der Waals surface area (Å²) in [5, 5.41) is 2.87. The molecule has 5 nitrogen and oxygen atoms in total. The lowest BCUT2D eigenvalue weighted by Crippen LogP contribution is -2.26. The molecular formula is C24H29NO4. The van der Waals surface area contributed by atoms with Gasteiger partial charge in [-0.25, -0.2) is 0 Å². The van der Waals surface area contributed by atoms with Crippen LogP contribution in [0.2, 0.25) is 0 Å². The number of ether oxygens (including phenoxy) is 2. The van der Waals surface area contributed by atoms with Crippen molar-refractivity contribution >= 4 is 17.4 Å². The fourth-order valence-electron chi connectivity index (χ4n) is 3.32. The largest absolute Gasteiger partial charge is 0.489 e. The van der Waals surface area contributed by atoms with Crippen LogP contribution < -0.4 is 10.1 Å². The van der Waals surface area contributed by atoms with Crippen molar-refractivity contribution in [2.24, 2.45) is 0 Å². The molecule has 2 aromatic carbocycles. The van der Waals surface area contributed by atoms with Gasteiger partial charge in [-0.15, -0.1) is 0 Å². The SMILES string of the molecule is Cc1ccc(C(=O)CCC(=O)Nc2ccccc2OCC2CCCCO2)cc1C. The minimum absolute atomic E-state index is 0.0257. The van der Waals surface area contributed by atoms with Crippen molar-refractivity contribution in [2.45, 2.75) is 52.1 Å². The van der Waals surface area contributed by atoms with Crippen LogP contribution >= 0.6 is 0 Å². The second-order valence-corrected chi connectivity index (χ2v) is 7.57. The first kappa shape index (κ1) is 21.1. The predicted octanol–water partition coefficient (Wildman–Crippen LogP) is 4.85. The second-order valence-electron chi connectivity index (χ2n) is 7.57. The van der Waals surface area contributed by atoms with Crippen molar-refractivity contribution in [3.05, 3.63) is 59.2 Å². The molecule has 0 radical (unpaired) electrons. The van der Waals surface area contributed by atoms with Crippen LogP contribution in [0.3, 0.4) is 0 Å². The Morgan fingerprint density at radius 1 is 1.07 bits per heavy atom. The van der Waals surface area contributed by atoms with Gasteiger partial charge in [-0.1, -0.05) is 24.3 Å². The van der Waals surface area contributed by atoms with E-state index in [-0.39, 0.29) is 30.6 Å². The zero-order valence-corrected chi connectivity index (χ0v) is 17.2. The van der Waals surface area contributed by atoms with E-state index in [9.17, 15) is 9.59 Å². The number of carbonyl (C=O) groups is 2. The van der Waals surface area contributed by atoms with Gasteiger partial charge >= 0.3 is 0 Å². The molecule has 0 saturated carbocycles. The van der Waals surface area contributed by atoms with Gasteiger partial charge < -0.3 is 14.8 Å². The van der Waals surface area contributed by atoms with Crippen molar-refractivity contribution < 1.29 is 19.1 Å². The van der Waals surface area contributed by atoms with Gasteiger partial charge in [0.1, 0.15) is 12.4 Å². The van der Waals surface area contributed by atoms with E-state index in [2.05, 4.69) is 5.32 Å². The van der Waals surface area contributed by atoms with E-state index in [0.717, 1.165) is 37.0 Å². The molecule has 1 aliphatic rings. The lowest BCUT2D eigenvalue weighted by atomic mass is 10.0. The molecule has 2 aromatic rings. The molecule has 1 unspecified atom stereocenters. The second kappa shape index (κ2) is 10.2. The van der Waals surface area contributed by atoms with Crippen LogP contribution in [0, 0.1) is 13.8 Å². The normalized spacial score (nSPS) is 16.3. The monoisotopic (exact) mass is 395 g/mol. The van der Waals surface area contributed by atoms with E-state index >= 15 is 0 Å². The first-order valence-corrected chi connectivity index (χ1v) is 10.3. The van der Waals surface area contributed by atoms with Crippen molar-refractivity contribution in [1.82, 2.24) is 0 Å². The number of para-hydroxylation sites is 2. The number of rotatable bonds is 8. The third kappa shape index (κ3) is 6.16. The summed E-state index contributed by atoms with van der Waals surface area (Å²) in [7, 11) is 0. The number of aryl methyl sites for hydroxylation is 2. The molecule has 0 spiro atoms. The standard InChI is InChI=1S/C24H29NO4/c1-17-10-11-19(15-18(17)2)22(26)12-13-24(27)25-21-8-3-4-9-23(21)29-16-20-7-5-6-14-28-20/h3-4,8-11,15,20H,5-7,12-14,16H2,1-2H3,(H,25,27). The Kier molecular flexibility index (Phi) is 7.42. The third-order valence-electron chi connectivity index (χ3n) is 5.27. The molecule has 0 aromatic heterocycles. The number of hydrogen-bond donors (Lipinski definition) is 1. The van der Waals surface area contributed by atoms with Gasteiger partial charge in [0.2, 0.25) is 5.91 Å². The molecule has 1 amide bonds. The Labute approximate surface area is 172 Å². The van der Waals surface area contributed by atoms with E-state index in [1.165, 1.54) is 0 Å². The van der Waals surface area contributed by atoms with E-state index in [4.69, 9.17) is 9.47 Å². The van der Waals surface area contributed by atoms with Crippen molar-refractivity contribution in [2.75, 3.05) is 18.5 Å². The van der Waals surface area contributed by atoms with Gasteiger partial charge in [-0.05, 0) is 62.4 Å². The number of carbonyl (C=O) groups excluding carboxylic acids is 2. The summed E-state index contributed by atoms with van der Waals surface area (Å²) < 4.78 is 11.6. The number of nitrogens with one attached hydrogen (secondary N) is 1. The molecule has 29 heavy (non-hydrogen) atoms. The smallest absolute Gasteiger partial charge is 0.224 e. The fourth-order valence-corrected chi connectivity index (χ4v) is 3.32. The Morgan fingerprint density at radius 2 is 1.90 bits per heavy atom. The number of hydrogen-bond acceptors (Lipinski definition) is 4. The number of benzene rings is 2. The van der Waals surface area contributed by atoms with E-state index in [0.29, 0.717) is 23.6 Å². The molecular weight excluding hydrogens is 366 g/mol. The summed E-state index contributed by atoms with van der Waals surface area (Å²) >= 11 is 0. The zero-order valence-electron chi connectivity index (χ0n) is 17.2. The molecule has 5 heteroatoms. The van der Waals surface area contributed by atoms with Gasteiger partial charge in [-0.2, -0.15) is 0 Å². The predicted molar refractivity (Wildman–Crippen MR) is 114 cm³/mol. The van der Waals surface area contributed by atoms with Crippen LogP contribution in [-0.2, 0) is 9.53 Å². The number of anilines is 1. The van der Waals surface area contributed by atoms with Crippen molar-refractivity contribution in [3.8, 4) is 5.75 Å². The number of ketones is 1. The molecule has 0 aliphatic carbocycles. The van der Waals surface area contributed by atoms with Crippen LogP contribution in [0.4, 0.5) is 5.69 Å². The lowest BCUT2D eigenvalue weighted by molar-refractivity contribution is -0.116. The number of amides is 1. The van der Waals surface area contributed by atoms with Gasteiger partial charge in [0, 0.05) is 25.0 Å². The maximum atomic E-state index is 12.4. The van der Waals surface area contributed by atoms with Crippen LogP contribution in [0.25, 0.3) is 0 Å². The topological polar surface area (TPSA) is 64.6 Å². The maximum Gasteiger partial charge on any atom is 0.224 e. The van der Waals surface area contributed by atoms with Crippen LogP contribution in [0.15, 0.2) is 42.5 Å². The first-order chi connectivity index (χ1) is 14.0. The Balaban J connectivity index is 1.52. The average Bonchev–Trinajstić information content (AvgIpc) is 2.74. The summed E-state index contributed by atoms with van der Waals surface area (Å²) in [5.74, 6) is 0.393. The minimum Gasteiger partial charge on any atom is -0.489 e. The molecule has 154 valence electrons. The quantitative estimate of drug-likeness (QED) is 0.649. The minimum atomic E-state index is -0.202. The summed E-state index contributed by atoms with van der Waals surface area (Å²) in [5.41, 5.74) is 3.49. The summed E-state index contributed by atoms with van der Waals surface area (Å²) in [6.07, 6.45) is 3.65. The fraction of sp³-hybridized carbons (Fsp3) is 0.417. The number of Topliss-reactive ketones (excluding diaryl/α,β-unsaturated/α-hetero) is 1. The molecule has 3 rings (SSSR count). The molecule has 1 heterocycles. The highest BCUT2D eigenvalue weighted by Crippen LogP contribution is 2.25. The summed E-state index contributed by atoms with van der Waals surface area (Å²) in [6.45, 7) is 5.24. The maximum absolute atomic E-state index is 12.4. The molecule has 1 aliphatic heterocycles. The van der Waals surface area contributed by atoms with E-state index < -0.39 is 0 Å². The molecule has 1 fully saturated rings. The van der Waals surface area contributed by atoms with Gasteiger partial charge in [0.25, 0.3) is 0 Å². The van der Waals surface area contributed by atoms with Crippen LogP contribution in [0.5, 0.6) is 5.75 Å². The highest BCUT2D eigenvalue weighted by atomic mass is 16.5. The zero-order chi connectivity index (χ0) is 20.6. The van der Waals surface area contributed by atoms with E-state index in [1.54, 1.807) is 6.07 Å². The Hall–Kier alpha value is -2.66. The first-order valence-electron chi connectivity index (χ1n) is 10.3. The molecule has 1 saturated heterocycles. The van der Waals surface area contributed by atoms with Crippen molar-refractivity contribution in [1.29, 1.82) is 0 Å². The average molecular weight is 395 g/mol. The van der Waals surface area contributed by atoms with Crippen LogP contribution in [-0.4, -0.2) is 31.0 Å². The van der Waals surface area contributed by atoms with Crippen molar-refractivity contribution in [3.63, 3.8) is 0 Å².